The summed E-state index contributed by atoms with van der Waals surface area (Å²) in [7, 11) is -3.69. The van der Waals surface area contributed by atoms with Crippen LogP contribution >= 0.6 is 0 Å². The molecule has 0 spiro atoms. The highest BCUT2D eigenvalue weighted by Crippen LogP contribution is 2.39. The molecule has 0 bridgehead atoms. The number of primary sulfonamides is 1. The molecule has 0 heterocycles. The minimum atomic E-state index is -3.69. The average Bonchev–Trinajstić information content (AvgIpc) is 3.25. The van der Waals surface area contributed by atoms with E-state index in [-0.39, 0.29) is 34.1 Å². The number of amides is 2. The third-order valence-corrected chi connectivity index (χ3v) is 4.86. The van der Waals surface area contributed by atoms with Gasteiger partial charge in [-0.25, -0.2) is 13.6 Å². The zero-order valence-corrected chi connectivity index (χ0v) is 15.5. The Bertz CT molecular complexity index is 751. The van der Waals surface area contributed by atoms with Crippen LogP contribution in [0.5, 0.6) is 0 Å². The number of benzene rings is 1. The molecule has 1 aliphatic carbocycles. The van der Waals surface area contributed by atoms with E-state index in [4.69, 9.17) is 5.14 Å². The number of carbonyl (C=O) groups is 2. The topological polar surface area (TPSA) is 118 Å². The highest BCUT2D eigenvalue weighted by molar-refractivity contribution is 7.89. The molecule has 0 saturated heterocycles. The van der Waals surface area contributed by atoms with Gasteiger partial charge in [-0.2, -0.15) is 0 Å². The van der Waals surface area contributed by atoms with Gasteiger partial charge in [0, 0.05) is 12.1 Å². The zero-order valence-electron chi connectivity index (χ0n) is 14.7. The summed E-state index contributed by atoms with van der Waals surface area (Å²) in [4.78, 5) is 24.1. The summed E-state index contributed by atoms with van der Waals surface area (Å²) in [5, 5.41) is 10.8. The fourth-order valence-corrected chi connectivity index (χ4v) is 3.06. The molecule has 1 aromatic rings. The second-order valence-electron chi connectivity index (χ2n) is 7.42. The normalized spacial score (nSPS) is 20.0. The van der Waals surface area contributed by atoms with Crippen molar-refractivity contribution in [2.45, 2.75) is 44.0 Å². The summed E-state index contributed by atoms with van der Waals surface area (Å²) in [5.41, 5.74) is 0.592. The van der Waals surface area contributed by atoms with Crippen LogP contribution in [0.4, 0.5) is 0 Å². The van der Waals surface area contributed by atoms with Crippen LogP contribution in [-0.2, 0) is 26.0 Å². The molecule has 8 heteroatoms. The first-order valence-electron chi connectivity index (χ1n) is 8.19. The molecule has 138 valence electrons. The Kier molecular flexibility index (Phi) is 5.53. The van der Waals surface area contributed by atoms with Crippen LogP contribution in [0.1, 0.15) is 32.8 Å². The van der Waals surface area contributed by atoms with Crippen LogP contribution in [-0.4, -0.2) is 32.3 Å². The molecule has 7 nitrogen and oxygen atoms in total. The van der Waals surface area contributed by atoms with Crippen molar-refractivity contribution in [3.8, 4) is 0 Å². The van der Waals surface area contributed by atoms with Crippen molar-refractivity contribution in [3.05, 3.63) is 29.8 Å². The van der Waals surface area contributed by atoms with Crippen LogP contribution in [0.25, 0.3) is 0 Å². The van der Waals surface area contributed by atoms with E-state index in [1.54, 1.807) is 12.1 Å². The van der Waals surface area contributed by atoms with Crippen molar-refractivity contribution in [2.75, 3.05) is 6.54 Å². The lowest BCUT2D eigenvalue weighted by Crippen LogP contribution is -2.42. The summed E-state index contributed by atoms with van der Waals surface area (Å²) < 4.78 is 22.4. The number of nitrogens with two attached hydrogens (primary N) is 1. The van der Waals surface area contributed by atoms with Crippen molar-refractivity contribution < 1.29 is 18.0 Å². The van der Waals surface area contributed by atoms with Crippen LogP contribution in [0.15, 0.2) is 29.2 Å². The van der Waals surface area contributed by atoms with Crippen LogP contribution in [0.3, 0.4) is 0 Å². The number of carbonyl (C=O) groups excluding carboxylic acids is 2. The van der Waals surface area contributed by atoms with Gasteiger partial charge in [0.1, 0.15) is 0 Å². The Hall–Kier alpha value is -1.93. The fourth-order valence-electron chi connectivity index (χ4n) is 2.54. The van der Waals surface area contributed by atoms with Gasteiger partial charge >= 0.3 is 0 Å². The van der Waals surface area contributed by atoms with Gasteiger partial charge in [0.25, 0.3) is 0 Å². The van der Waals surface area contributed by atoms with Crippen molar-refractivity contribution in [3.63, 3.8) is 0 Å². The molecule has 0 radical (unpaired) electrons. The maximum absolute atomic E-state index is 12.1. The van der Waals surface area contributed by atoms with E-state index in [2.05, 4.69) is 10.6 Å². The van der Waals surface area contributed by atoms with Crippen molar-refractivity contribution >= 4 is 21.8 Å². The second kappa shape index (κ2) is 7.13. The van der Waals surface area contributed by atoms with Crippen molar-refractivity contribution in [2.24, 2.45) is 17.0 Å². The van der Waals surface area contributed by atoms with E-state index in [0.717, 1.165) is 5.56 Å². The lowest BCUT2D eigenvalue weighted by atomic mass is 10.1. The molecule has 1 fully saturated rings. The fraction of sp³-hybridized carbons (Fsp3) is 0.529. The van der Waals surface area contributed by atoms with Gasteiger partial charge in [-0.05, 0) is 51.3 Å². The quantitative estimate of drug-likeness (QED) is 0.680. The molecule has 0 aliphatic heterocycles. The lowest BCUT2D eigenvalue weighted by Gasteiger charge is -2.20. The number of rotatable bonds is 6. The van der Waals surface area contributed by atoms with Crippen LogP contribution < -0.4 is 15.8 Å². The van der Waals surface area contributed by atoms with Gasteiger partial charge in [0.2, 0.25) is 21.8 Å². The molecule has 25 heavy (non-hydrogen) atoms. The van der Waals surface area contributed by atoms with Gasteiger partial charge in [-0.3, -0.25) is 9.59 Å². The Labute approximate surface area is 148 Å². The van der Waals surface area contributed by atoms with E-state index in [1.165, 1.54) is 12.1 Å². The van der Waals surface area contributed by atoms with E-state index < -0.39 is 10.0 Å². The lowest BCUT2D eigenvalue weighted by molar-refractivity contribution is -0.128. The van der Waals surface area contributed by atoms with Gasteiger partial charge in [-0.15, -0.1) is 0 Å². The molecule has 2 rings (SSSR count). The predicted octanol–water partition coefficient (Wildman–Crippen LogP) is 0.544. The molecule has 1 aliphatic rings. The van der Waals surface area contributed by atoms with Crippen LogP contribution in [0.2, 0.25) is 0 Å². The van der Waals surface area contributed by atoms with E-state index >= 15 is 0 Å². The average molecular weight is 367 g/mol. The van der Waals surface area contributed by atoms with Gasteiger partial charge in [0.05, 0.1) is 16.7 Å². The SMILES string of the molecule is CC(C)(C)NC(=O)C1CC1C(=O)NCCc1ccc(S(N)(=O)=O)cc1. The Morgan fingerprint density at radius 1 is 1.12 bits per heavy atom. The Morgan fingerprint density at radius 2 is 1.68 bits per heavy atom. The minimum Gasteiger partial charge on any atom is -0.356 e. The zero-order chi connectivity index (χ0) is 18.8. The van der Waals surface area contributed by atoms with E-state index in [1.807, 2.05) is 20.8 Å². The third-order valence-electron chi connectivity index (χ3n) is 3.93. The van der Waals surface area contributed by atoms with Gasteiger partial charge in [-0.1, -0.05) is 12.1 Å². The molecular formula is C17H25N3O4S. The summed E-state index contributed by atoms with van der Waals surface area (Å²) in [6.07, 6.45) is 1.15. The highest BCUT2D eigenvalue weighted by Gasteiger charge is 2.48. The van der Waals surface area contributed by atoms with Crippen molar-refractivity contribution in [1.82, 2.24) is 10.6 Å². The second-order valence-corrected chi connectivity index (χ2v) is 8.98. The van der Waals surface area contributed by atoms with E-state index in [9.17, 15) is 18.0 Å². The summed E-state index contributed by atoms with van der Waals surface area (Å²) in [6.45, 7) is 6.15. The molecule has 4 N–H and O–H groups in total. The maximum Gasteiger partial charge on any atom is 0.238 e. The minimum absolute atomic E-state index is 0.0611. The molecule has 0 aromatic heterocycles. The Balaban J connectivity index is 1.76. The van der Waals surface area contributed by atoms with Gasteiger partial charge in [0.15, 0.2) is 0 Å². The summed E-state index contributed by atoms with van der Waals surface area (Å²) in [5.74, 6) is -0.693. The van der Waals surface area contributed by atoms with E-state index in [0.29, 0.717) is 19.4 Å². The maximum atomic E-state index is 12.1. The number of hydrogen-bond acceptors (Lipinski definition) is 4. The predicted molar refractivity (Wildman–Crippen MR) is 94.0 cm³/mol. The third kappa shape index (κ3) is 5.82. The van der Waals surface area contributed by atoms with Gasteiger partial charge < -0.3 is 10.6 Å². The van der Waals surface area contributed by atoms with Crippen LogP contribution in [0, 0.1) is 11.8 Å². The Morgan fingerprint density at radius 3 is 2.20 bits per heavy atom. The van der Waals surface area contributed by atoms with Crippen molar-refractivity contribution in [1.29, 1.82) is 0 Å². The first kappa shape index (κ1) is 19.4. The molecule has 1 saturated carbocycles. The molecular weight excluding hydrogens is 342 g/mol. The first-order chi connectivity index (χ1) is 11.5. The largest absolute Gasteiger partial charge is 0.356 e. The smallest absolute Gasteiger partial charge is 0.238 e. The molecule has 2 amide bonds. The number of sulfonamides is 1. The highest BCUT2D eigenvalue weighted by atomic mass is 32.2. The molecule has 1 aromatic carbocycles. The standard InChI is InChI=1S/C17H25N3O4S/c1-17(2,3)20-16(22)14-10-13(14)15(21)19-9-8-11-4-6-12(7-5-11)25(18,23)24/h4-7,13-14H,8-10H2,1-3H3,(H,19,21)(H,20,22)(H2,18,23,24). The summed E-state index contributed by atoms with van der Waals surface area (Å²) in [6, 6.07) is 6.23. The molecule has 2 unspecified atom stereocenters. The first-order valence-corrected chi connectivity index (χ1v) is 9.73. The summed E-state index contributed by atoms with van der Waals surface area (Å²) >= 11 is 0. The number of nitrogens with one attached hydrogen (secondary N) is 2. The molecule has 2 atom stereocenters. The monoisotopic (exact) mass is 367 g/mol. The number of hydrogen-bond donors (Lipinski definition) is 3.